The number of imide groups is 1. The molecule has 2 atom stereocenters. The zero-order valence-electron chi connectivity index (χ0n) is 14.4. The smallest absolute Gasteiger partial charge is 0.321 e. The Kier molecular flexibility index (Phi) is 6.32. The molecule has 2 N–H and O–H groups in total. The van der Waals surface area contributed by atoms with Crippen LogP contribution in [0.15, 0.2) is 18.2 Å². The summed E-state index contributed by atoms with van der Waals surface area (Å²) in [6, 6.07) is 3.78. The topological polar surface area (TPSA) is 111 Å². The van der Waals surface area contributed by atoms with E-state index in [0.717, 1.165) is 19.3 Å². The molecule has 1 saturated carbocycles. The van der Waals surface area contributed by atoms with E-state index in [1.165, 1.54) is 24.6 Å². The zero-order valence-corrected chi connectivity index (χ0v) is 14.4. The number of rotatable bonds is 5. The Labute approximate surface area is 146 Å². The Morgan fingerprint density at radius 3 is 2.68 bits per heavy atom. The van der Waals surface area contributed by atoms with E-state index in [9.17, 15) is 19.7 Å². The standard InChI is InChI=1S/C17H23N3O5/c1-11-5-3-4-6-14(11)18-17(22)19-16(21)10-25-13-7-8-15(20(23)24)12(2)9-13/h7-9,11,14H,3-6,10H2,1-2H3,(H2,18,19,21,22). The Morgan fingerprint density at radius 2 is 2.04 bits per heavy atom. The Morgan fingerprint density at radius 1 is 1.32 bits per heavy atom. The molecular formula is C17H23N3O5. The first-order valence-electron chi connectivity index (χ1n) is 8.35. The molecule has 8 heteroatoms. The van der Waals surface area contributed by atoms with Crippen LogP contribution in [0.25, 0.3) is 0 Å². The summed E-state index contributed by atoms with van der Waals surface area (Å²) in [7, 11) is 0. The third kappa shape index (κ3) is 5.44. The largest absolute Gasteiger partial charge is 0.484 e. The van der Waals surface area contributed by atoms with Gasteiger partial charge in [-0.25, -0.2) is 4.79 Å². The molecule has 0 bridgehead atoms. The van der Waals surface area contributed by atoms with Gasteiger partial charge in [-0.2, -0.15) is 0 Å². The molecule has 25 heavy (non-hydrogen) atoms. The lowest BCUT2D eigenvalue weighted by Crippen LogP contribution is -2.48. The van der Waals surface area contributed by atoms with Crippen molar-refractivity contribution in [3.05, 3.63) is 33.9 Å². The van der Waals surface area contributed by atoms with Gasteiger partial charge in [-0.1, -0.05) is 19.8 Å². The van der Waals surface area contributed by atoms with Gasteiger partial charge in [0.25, 0.3) is 11.6 Å². The van der Waals surface area contributed by atoms with Gasteiger partial charge in [0, 0.05) is 17.7 Å². The summed E-state index contributed by atoms with van der Waals surface area (Å²) in [5, 5.41) is 15.8. The number of nitro groups is 1. The van der Waals surface area contributed by atoms with Crippen molar-refractivity contribution >= 4 is 17.6 Å². The van der Waals surface area contributed by atoms with E-state index in [4.69, 9.17) is 4.74 Å². The van der Waals surface area contributed by atoms with Crippen molar-refractivity contribution in [2.24, 2.45) is 5.92 Å². The van der Waals surface area contributed by atoms with Crippen molar-refractivity contribution in [2.45, 2.75) is 45.6 Å². The normalized spacial score (nSPS) is 19.8. The number of nitrogens with zero attached hydrogens (tertiary/aromatic N) is 1. The van der Waals surface area contributed by atoms with E-state index < -0.39 is 16.9 Å². The summed E-state index contributed by atoms with van der Waals surface area (Å²) in [5.41, 5.74) is 0.421. The first-order valence-corrected chi connectivity index (χ1v) is 8.35. The number of aryl methyl sites for hydroxylation is 1. The summed E-state index contributed by atoms with van der Waals surface area (Å²) >= 11 is 0. The summed E-state index contributed by atoms with van der Waals surface area (Å²) in [6.07, 6.45) is 4.23. The highest BCUT2D eigenvalue weighted by molar-refractivity contribution is 5.95. The van der Waals surface area contributed by atoms with Crippen molar-refractivity contribution in [1.82, 2.24) is 10.6 Å². The molecule has 2 unspecified atom stereocenters. The van der Waals surface area contributed by atoms with Gasteiger partial charge in [0.2, 0.25) is 0 Å². The van der Waals surface area contributed by atoms with Crippen LogP contribution < -0.4 is 15.4 Å². The average molecular weight is 349 g/mol. The monoisotopic (exact) mass is 349 g/mol. The fourth-order valence-electron chi connectivity index (χ4n) is 2.97. The third-order valence-corrected chi connectivity index (χ3v) is 4.42. The molecule has 1 aromatic rings. The first-order chi connectivity index (χ1) is 11.9. The van der Waals surface area contributed by atoms with Crippen LogP contribution in [0.1, 0.15) is 38.2 Å². The maximum atomic E-state index is 11.9. The van der Waals surface area contributed by atoms with Crippen LogP contribution >= 0.6 is 0 Å². The first kappa shape index (κ1) is 18.7. The number of urea groups is 1. The van der Waals surface area contributed by atoms with E-state index in [-0.39, 0.29) is 18.3 Å². The summed E-state index contributed by atoms with van der Waals surface area (Å²) in [6.45, 7) is 3.33. The SMILES string of the molecule is Cc1cc(OCC(=O)NC(=O)NC2CCCCC2C)ccc1[N+](=O)[O-]. The predicted octanol–water partition coefficient (Wildman–Crippen LogP) is 2.69. The second-order valence-electron chi connectivity index (χ2n) is 6.38. The lowest BCUT2D eigenvalue weighted by atomic mass is 9.86. The average Bonchev–Trinajstić information content (AvgIpc) is 2.54. The number of nitro benzene ring substituents is 1. The molecule has 0 aromatic heterocycles. The molecule has 0 spiro atoms. The molecule has 8 nitrogen and oxygen atoms in total. The predicted molar refractivity (Wildman–Crippen MR) is 91.4 cm³/mol. The number of ether oxygens (including phenoxy) is 1. The maximum Gasteiger partial charge on any atom is 0.321 e. The highest BCUT2D eigenvalue weighted by atomic mass is 16.6. The van der Waals surface area contributed by atoms with Crippen LogP contribution in [0.5, 0.6) is 5.75 Å². The van der Waals surface area contributed by atoms with E-state index >= 15 is 0 Å². The molecule has 1 aliphatic rings. The number of benzene rings is 1. The zero-order chi connectivity index (χ0) is 18.4. The van der Waals surface area contributed by atoms with Crippen LogP contribution in [-0.2, 0) is 4.79 Å². The van der Waals surface area contributed by atoms with Gasteiger partial charge in [-0.05, 0) is 37.8 Å². The Bertz CT molecular complexity index is 662. The van der Waals surface area contributed by atoms with Gasteiger partial charge in [-0.15, -0.1) is 0 Å². The third-order valence-electron chi connectivity index (χ3n) is 4.42. The number of carbonyl (C=O) groups is 2. The van der Waals surface area contributed by atoms with E-state index in [2.05, 4.69) is 17.6 Å². The second kappa shape index (κ2) is 8.46. The van der Waals surface area contributed by atoms with E-state index in [1.54, 1.807) is 6.92 Å². The molecule has 3 amide bonds. The molecule has 1 aromatic carbocycles. The Hall–Kier alpha value is -2.64. The fraction of sp³-hybridized carbons (Fsp3) is 0.529. The molecule has 0 radical (unpaired) electrons. The lowest BCUT2D eigenvalue weighted by molar-refractivity contribution is -0.385. The minimum atomic E-state index is -0.572. The maximum absolute atomic E-state index is 11.9. The van der Waals surface area contributed by atoms with Crippen LogP contribution in [0.3, 0.4) is 0 Å². The number of carbonyl (C=O) groups excluding carboxylic acids is 2. The molecule has 1 aliphatic carbocycles. The highest BCUT2D eigenvalue weighted by Gasteiger charge is 2.23. The van der Waals surface area contributed by atoms with Crippen molar-refractivity contribution < 1.29 is 19.2 Å². The molecule has 0 saturated heterocycles. The van der Waals surface area contributed by atoms with Crippen LogP contribution in [-0.4, -0.2) is 29.5 Å². The van der Waals surface area contributed by atoms with Crippen LogP contribution in [0.4, 0.5) is 10.5 Å². The molecule has 136 valence electrons. The molecule has 0 heterocycles. The molecule has 2 rings (SSSR count). The molecule has 0 aliphatic heterocycles. The summed E-state index contributed by atoms with van der Waals surface area (Å²) in [4.78, 5) is 34.0. The van der Waals surface area contributed by atoms with Gasteiger partial charge in [-0.3, -0.25) is 20.2 Å². The van der Waals surface area contributed by atoms with Crippen molar-refractivity contribution in [2.75, 3.05) is 6.61 Å². The highest BCUT2D eigenvalue weighted by Crippen LogP contribution is 2.24. The van der Waals surface area contributed by atoms with Crippen molar-refractivity contribution in [1.29, 1.82) is 0 Å². The number of nitrogens with one attached hydrogen (secondary N) is 2. The van der Waals surface area contributed by atoms with Gasteiger partial charge in [0.15, 0.2) is 6.61 Å². The van der Waals surface area contributed by atoms with E-state index in [1.807, 2.05) is 0 Å². The van der Waals surface area contributed by atoms with E-state index in [0.29, 0.717) is 17.2 Å². The molecule has 1 fully saturated rings. The summed E-state index contributed by atoms with van der Waals surface area (Å²) in [5.74, 6) is 0.158. The van der Waals surface area contributed by atoms with Gasteiger partial charge in [0.05, 0.1) is 4.92 Å². The van der Waals surface area contributed by atoms with Crippen LogP contribution in [0, 0.1) is 23.0 Å². The lowest BCUT2D eigenvalue weighted by Gasteiger charge is -2.29. The van der Waals surface area contributed by atoms with Crippen LogP contribution in [0.2, 0.25) is 0 Å². The minimum absolute atomic E-state index is 0.0159. The fourth-order valence-corrected chi connectivity index (χ4v) is 2.97. The second-order valence-corrected chi connectivity index (χ2v) is 6.38. The number of hydrogen-bond donors (Lipinski definition) is 2. The van der Waals surface area contributed by atoms with Gasteiger partial charge < -0.3 is 10.1 Å². The number of amides is 3. The molecular weight excluding hydrogens is 326 g/mol. The van der Waals surface area contributed by atoms with Crippen molar-refractivity contribution in [3.8, 4) is 5.75 Å². The van der Waals surface area contributed by atoms with Gasteiger partial charge in [0.1, 0.15) is 5.75 Å². The number of hydrogen-bond acceptors (Lipinski definition) is 5. The Balaban J connectivity index is 1.79. The quantitative estimate of drug-likeness (QED) is 0.627. The van der Waals surface area contributed by atoms with Crippen molar-refractivity contribution in [3.63, 3.8) is 0 Å². The summed E-state index contributed by atoms with van der Waals surface area (Å²) < 4.78 is 5.28. The minimum Gasteiger partial charge on any atom is -0.484 e. The van der Waals surface area contributed by atoms with Gasteiger partial charge >= 0.3 is 6.03 Å².